The summed E-state index contributed by atoms with van der Waals surface area (Å²) in [5, 5.41) is 0. The summed E-state index contributed by atoms with van der Waals surface area (Å²) in [7, 11) is 0. The molecule has 0 aliphatic heterocycles. The van der Waals surface area contributed by atoms with Crippen LogP contribution >= 0.6 is 35.7 Å². The predicted octanol–water partition coefficient (Wildman–Crippen LogP) is 5.96. The summed E-state index contributed by atoms with van der Waals surface area (Å²) in [4.78, 5) is 2.38. The number of hydrogen-bond acceptors (Lipinski definition) is 11. The highest BCUT2D eigenvalue weighted by Gasteiger charge is 2.14. The maximum Gasteiger partial charge on any atom is 0.128 e. The van der Waals surface area contributed by atoms with Gasteiger partial charge in [0.05, 0.1) is 79.3 Å². The SMILES string of the molecule is CCCSCCOCCOCCOCCOc1cc(-c2ccc(C)s2)c(OCCOCCOCCOCCS)cc1C. The Hall–Kier alpha value is -1.02. The summed E-state index contributed by atoms with van der Waals surface area (Å²) < 4.78 is 45.5. The number of hydrogen-bond donors (Lipinski definition) is 1. The van der Waals surface area contributed by atoms with E-state index in [0.29, 0.717) is 91.6 Å². The fourth-order valence-electron chi connectivity index (χ4n) is 3.64. The van der Waals surface area contributed by atoms with Gasteiger partial charge in [-0.1, -0.05) is 6.92 Å². The van der Waals surface area contributed by atoms with Crippen LogP contribution < -0.4 is 9.47 Å². The van der Waals surface area contributed by atoms with Crippen molar-refractivity contribution in [2.75, 3.05) is 110 Å². The van der Waals surface area contributed by atoms with Gasteiger partial charge in [-0.3, -0.25) is 0 Å². The molecule has 0 spiro atoms. The molecule has 0 aliphatic rings. The molecule has 0 unspecified atom stereocenters. The molecule has 0 aliphatic carbocycles. The average Bonchev–Trinajstić information content (AvgIpc) is 3.42. The Morgan fingerprint density at radius 2 is 1.14 bits per heavy atom. The molecule has 1 heterocycles. The van der Waals surface area contributed by atoms with Crippen LogP contribution in [-0.4, -0.2) is 110 Å². The van der Waals surface area contributed by atoms with Crippen LogP contribution in [0.3, 0.4) is 0 Å². The highest BCUT2D eigenvalue weighted by atomic mass is 32.2. The van der Waals surface area contributed by atoms with Crippen molar-refractivity contribution in [1.29, 1.82) is 0 Å². The second kappa shape index (κ2) is 25.3. The average molecular weight is 647 g/mol. The van der Waals surface area contributed by atoms with Gasteiger partial charge in [0.1, 0.15) is 24.7 Å². The van der Waals surface area contributed by atoms with Gasteiger partial charge in [0.2, 0.25) is 0 Å². The van der Waals surface area contributed by atoms with Crippen LogP contribution in [0, 0.1) is 13.8 Å². The lowest BCUT2D eigenvalue weighted by atomic mass is 10.1. The molecule has 0 radical (unpaired) electrons. The summed E-state index contributed by atoms with van der Waals surface area (Å²) in [5.74, 6) is 4.59. The number of ether oxygens (including phenoxy) is 8. The fraction of sp³-hybridized carbons (Fsp3) is 0.677. The van der Waals surface area contributed by atoms with E-state index in [9.17, 15) is 0 Å². The highest BCUT2D eigenvalue weighted by Crippen LogP contribution is 2.39. The second-order valence-electron chi connectivity index (χ2n) is 9.23. The van der Waals surface area contributed by atoms with Crippen molar-refractivity contribution in [2.24, 2.45) is 0 Å². The first-order valence-electron chi connectivity index (χ1n) is 14.8. The molecule has 240 valence electrons. The fourth-order valence-corrected chi connectivity index (χ4v) is 5.39. The van der Waals surface area contributed by atoms with E-state index in [1.54, 1.807) is 11.3 Å². The molecule has 0 N–H and O–H groups in total. The molecule has 1 aromatic heterocycles. The van der Waals surface area contributed by atoms with Crippen LogP contribution in [0.5, 0.6) is 11.5 Å². The Labute approximate surface area is 266 Å². The molecule has 0 saturated carbocycles. The zero-order valence-electron chi connectivity index (χ0n) is 25.6. The molecule has 2 rings (SSSR count). The van der Waals surface area contributed by atoms with E-state index >= 15 is 0 Å². The smallest absolute Gasteiger partial charge is 0.128 e. The molecule has 11 heteroatoms. The van der Waals surface area contributed by atoms with Crippen LogP contribution in [0.2, 0.25) is 0 Å². The third-order valence-corrected chi connectivity index (χ3v) is 8.07. The number of thiol groups is 1. The minimum atomic E-state index is 0.447. The van der Waals surface area contributed by atoms with Crippen molar-refractivity contribution >= 4 is 35.7 Å². The maximum atomic E-state index is 6.15. The minimum Gasteiger partial charge on any atom is -0.491 e. The summed E-state index contributed by atoms with van der Waals surface area (Å²) >= 11 is 7.76. The first-order chi connectivity index (χ1) is 20.7. The van der Waals surface area contributed by atoms with E-state index in [-0.39, 0.29) is 0 Å². The lowest BCUT2D eigenvalue weighted by Crippen LogP contribution is -2.14. The molecule has 2 aromatic rings. The van der Waals surface area contributed by atoms with E-state index in [1.807, 2.05) is 24.8 Å². The summed E-state index contributed by atoms with van der Waals surface area (Å²) in [6.07, 6.45) is 1.21. The highest BCUT2D eigenvalue weighted by molar-refractivity contribution is 7.99. The van der Waals surface area contributed by atoms with Gasteiger partial charge in [-0.2, -0.15) is 24.4 Å². The van der Waals surface area contributed by atoms with Gasteiger partial charge >= 0.3 is 0 Å². The van der Waals surface area contributed by atoms with Crippen molar-refractivity contribution in [1.82, 2.24) is 0 Å². The number of thiophene rings is 1. The lowest BCUT2D eigenvalue weighted by Gasteiger charge is -2.16. The topological polar surface area (TPSA) is 73.8 Å². The van der Waals surface area contributed by atoms with Crippen LogP contribution in [0.15, 0.2) is 24.3 Å². The molecular weight excluding hydrogens is 597 g/mol. The number of benzene rings is 1. The quantitative estimate of drug-likeness (QED) is 0.0891. The van der Waals surface area contributed by atoms with Gasteiger partial charge in [-0.15, -0.1) is 11.3 Å². The minimum absolute atomic E-state index is 0.447. The Kier molecular flexibility index (Phi) is 22.4. The van der Waals surface area contributed by atoms with Crippen LogP contribution in [0.25, 0.3) is 10.4 Å². The molecule has 1 aromatic carbocycles. The zero-order chi connectivity index (χ0) is 30.1. The van der Waals surface area contributed by atoms with Gasteiger partial charge < -0.3 is 37.9 Å². The van der Waals surface area contributed by atoms with E-state index in [4.69, 9.17) is 37.9 Å². The van der Waals surface area contributed by atoms with Crippen molar-refractivity contribution < 1.29 is 37.9 Å². The molecule has 0 bridgehead atoms. The number of rotatable bonds is 28. The summed E-state index contributed by atoms with van der Waals surface area (Å²) in [5.41, 5.74) is 2.02. The molecule has 0 atom stereocenters. The van der Waals surface area contributed by atoms with E-state index < -0.39 is 0 Å². The number of aryl methyl sites for hydroxylation is 2. The first-order valence-corrected chi connectivity index (χ1v) is 17.4. The Balaban J connectivity index is 1.66. The van der Waals surface area contributed by atoms with Gasteiger partial charge in [0, 0.05) is 26.8 Å². The van der Waals surface area contributed by atoms with Crippen molar-refractivity contribution in [3.8, 4) is 21.9 Å². The standard InChI is InChI=1S/C31H50O8S3/c1-4-22-41-23-20-37-14-12-33-8-9-34-15-17-38-29-25-28(31-6-5-27(3)42-31)30(24-26(29)2)39-18-16-35-10-7-32-11-13-36-19-21-40/h5-6,24-25,40H,4,7-23H2,1-3H3. The van der Waals surface area contributed by atoms with Gasteiger partial charge in [0.25, 0.3) is 0 Å². The summed E-state index contributed by atoms with van der Waals surface area (Å²) in [6.45, 7) is 14.1. The number of thioether (sulfide) groups is 1. The van der Waals surface area contributed by atoms with Crippen LogP contribution in [0.4, 0.5) is 0 Å². The van der Waals surface area contributed by atoms with Crippen molar-refractivity contribution in [2.45, 2.75) is 27.2 Å². The van der Waals surface area contributed by atoms with Crippen molar-refractivity contribution in [3.63, 3.8) is 0 Å². The van der Waals surface area contributed by atoms with Crippen LogP contribution in [-0.2, 0) is 28.4 Å². The normalized spacial score (nSPS) is 11.3. The summed E-state index contributed by atoms with van der Waals surface area (Å²) in [6, 6.07) is 8.33. The third-order valence-electron chi connectivity index (χ3n) is 5.70. The maximum absolute atomic E-state index is 6.15. The molecule has 8 nitrogen and oxygen atoms in total. The zero-order valence-corrected chi connectivity index (χ0v) is 28.1. The molecule has 0 saturated heterocycles. The second-order valence-corrected chi connectivity index (χ2v) is 12.2. The Morgan fingerprint density at radius 1 is 0.619 bits per heavy atom. The Morgan fingerprint density at radius 3 is 1.67 bits per heavy atom. The molecule has 0 amide bonds. The lowest BCUT2D eigenvalue weighted by molar-refractivity contribution is 0.0116. The first kappa shape index (κ1) is 37.2. The monoisotopic (exact) mass is 646 g/mol. The largest absolute Gasteiger partial charge is 0.491 e. The molecule has 42 heavy (non-hydrogen) atoms. The predicted molar refractivity (Wildman–Crippen MR) is 177 cm³/mol. The van der Waals surface area contributed by atoms with Crippen LogP contribution in [0.1, 0.15) is 23.8 Å². The van der Waals surface area contributed by atoms with Gasteiger partial charge in [-0.25, -0.2) is 0 Å². The van der Waals surface area contributed by atoms with Crippen molar-refractivity contribution in [3.05, 3.63) is 34.7 Å². The Bertz CT molecular complexity index is 928. The molecule has 0 fully saturated rings. The van der Waals surface area contributed by atoms with Gasteiger partial charge in [0.15, 0.2) is 0 Å². The van der Waals surface area contributed by atoms with E-state index in [0.717, 1.165) is 39.9 Å². The third kappa shape index (κ3) is 17.3. The van der Waals surface area contributed by atoms with E-state index in [2.05, 4.69) is 44.7 Å². The molecular formula is C31H50O8S3. The van der Waals surface area contributed by atoms with Gasteiger partial charge in [-0.05, 0) is 55.9 Å². The van der Waals surface area contributed by atoms with E-state index in [1.165, 1.54) is 17.1 Å².